The van der Waals surface area contributed by atoms with Crippen molar-refractivity contribution in [3.05, 3.63) is 64.1 Å². The molecule has 112 valence electrons. The first kappa shape index (κ1) is 16.4. The number of benzene rings is 2. The van der Waals surface area contributed by atoms with Crippen molar-refractivity contribution >= 4 is 27.5 Å². The zero-order valence-corrected chi connectivity index (χ0v) is 14.7. The molecule has 1 unspecified atom stereocenters. The van der Waals surface area contributed by atoms with Crippen molar-refractivity contribution in [3.8, 4) is 5.75 Å². The van der Waals surface area contributed by atoms with Crippen molar-refractivity contribution in [2.24, 2.45) is 0 Å². The normalized spacial score (nSPS) is 13.7. The molecule has 1 atom stereocenters. The van der Waals surface area contributed by atoms with Gasteiger partial charge in [0.15, 0.2) is 0 Å². The highest BCUT2D eigenvalue weighted by molar-refractivity contribution is 9.10. The second kappa shape index (κ2) is 7.33. The summed E-state index contributed by atoms with van der Waals surface area (Å²) in [6.45, 7) is 2.20. The van der Waals surface area contributed by atoms with Gasteiger partial charge < -0.3 is 4.74 Å². The minimum absolute atomic E-state index is 0.0578. The van der Waals surface area contributed by atoms with Crippen molar-refractivity contribution < 1.29 is 4.74 Å². The maximum Gasteiger partial charge on any atom is 0.119 e. The predicted molar refractivity (Wildman–Crippen MR) is 93.5 cm³/mol. The third kappa shape index (κ3) is 3.61. The number of halogens is 2. The highest BCUT2D eigenvalue weighted by Gasteiger charge is 2.30. The fourth-order valence-electron chi connectivity index (χ4n) is 2.62. The lowest BCUT2D eigenvalue weighted by molar-refractivity contribution is 0.412. The first-order valence-electron chi connectivity index (χ1n) is 7.09. The molecule has 0 bridgehead atoms. The fraction of sp³-hybridized carbons (Fsp3) is 0.333. The Balaban J connectivity index is 2.41. The molecule has 0 saturated heterocycles. The van der Waals surface area contributed by atoms with Gasteiger partial charge in [0.25, 0.3) is 0 Å². The van der Waals surface area contributed by atoms with Crippen molar-refractivity contribution in [3.63, 3.8) is 0 Å². The molecular weight excluding hydrogens is 348 g/mol. The molecule has 2 rings (SSSR count). The number of hydrogen-bond acceptors (Lipinski definition) is 1. The average Bonchev–Trinajstić information content (AvgIpc) is 2.55. The van der Waals surface area contributed by atoms with Crippen LogP contribution in [0.5, 0.6) is 5.75 Å². The molecule has 0 aliphatic rings. The Labute approximate surface area is 140 Å². The van der Waals surface area contributed by atoms with Gasteiger partial charge in [-0.1, -0.05) is 53.2 Å². The van der Waals surface area contributed by atoms with Crippen LogP contribution in [0.3, 0.4) is 0 Å². The zero-order chi connectivity index (χ0) is 15.3. The van der Waals surface area contributed by atoms with Gasteiger partial charge in [-0.2, -0.15) is 0 Å². The van der Waals surface area contributed by atoms with Crippen molar-refractivity contribution in [2.45, 2.75) is 25.2 Å². The molecule has 2 aromatic rings. The molecule has 0 saturated carbocycles. The minimum atomic E-state index is -0.0578. The molecule has 3 heteroatoms. The molecule has 21 heavy (non-hydrogen) atoms. The molecule has 0 aliphatic heterocycles. The standard InChI is InChI=1S/C18H20BrClO/c1-3-18(13-20,15-7-5-4-6-8-15)12-14-11-16(21-2)9-10-17(14)19/h4-11H,3,12-13H2,1-2H3. The van der Waals surface area contributed by atoms with Gasteiger partial charge in [-0.15, -0.1) is 11.6 Å². The van der Waals surface area contributed by atoms with Crippen LogP contribution in [-0.4, -0.2) is 13.0 Å². The molecule has 0 aliphatic carbocycles. The first-order valence-corrected chi connectivity index (χ1v) is 8.42. The highest BCUT2D eigenvalue weighted by Crippen LogP contribution is 2.36. The Morgan fingerprint density at radius 1 is 1.14 bits per heavy atom. The van der Waals surface area contributed by atoms with E-state index in [4.69, 9.17) is 16.3 Å². The lowest BCUT2D eigenvalue weighted by Crippen LogP contribution is -2.30. The Morgan fingerprint density at radius 2 is 1.86 bits per heavy atom. The smallest absolute Gasteiger partial charge is 0.119 e. The third-order valence-corrected chi connectivity index (χ3v) is 5.39. The molecule has 0 fully saturated rings. The largest absolute Gasteiger partial charge is 0.497 e. The maximum absolute atomic E-state index is 6.39. The topological polar surface area (TPSA) is 9.23 Å². The van der Waals surface area contributed by atoms with Crippen LogP contribution < -0.4 is 4.74 Å². The quantitative estimate of drug-likeness (QED) is 0.605. The van der Waals surface area contributed by atoms with E-state index in [-0.39, 0.29) is 5.41 Å². The number of methoxy groups -OCH3 is 1. The summed E-state index contributed by atoms with van der Waals surface area (Å²) < 4.78 is 6.44. The number of ether oxygens (including phenoxy) is 1. The first-order chi connectivity index (χ1) is 10.1. The number of hydrogen-bond donors (Lipinski definition) is 0. The molecule has 0 radical (unpaired) electrons. The lowest BCUT2D eigenvalue weighted by atomic mass is 9.75. The monoisotopic (exact) mass is 366 g/mol. The van der Waals surface area contributed by atoms with E-state index in [1.54, 1.807) is 7.11 Å². The van der Waals surface area contributed by atoms with Crippen LogP contribution in [0.4, 0.5) is 0 Å². The van der Waals surface area contributed by atoms with Crippen LogP contribution in [0.15, 0.2) is 53.0 Å². The van der Waals surface area contributed by atoms with Crippen molar-refractivity contribution in [2.75, 3.05) is 13.0 Å². The minimum Gasteiger partial charge on any atom is -0.497 e. The third-order valence-electron chi connectivity index (χ3n) is 4.10. The van der Waals surface area contributed by atoms with E-state index >= 15 is 0 Å². The van der Waals surface area contributed by atoms with E-state index in [1.165, 1.54) is 11.1 Å². The van der Waals surface area contributed by atoms with Gasteiger partial charge in [-0.05, 0) is 42.2 Å². The second-order valence-electron chi connectivity index (χ2n) is 5.27. The van der Waals surface area contributed by atoms with E-state index < -0.39 is 0 Å². The zero-order valence-electron chi connectivity index (χ0n) is 12.4. The van der Waals surface area contributed by atoms with Gasteiger partial charge in [-0.25, -0.2) is 0 Å². The van der Waals surface area contributed by atoms with Gasteiger partial charge in [0.2, 0.25) is 0 Å². The summed E-state index contributed by atoms with van der Waals surface area (Å²) in [5.41, 5.74) is 2.45. The summed E-state index contributed by atoms with van der Waals surface area (Å²) in [6, 6.07) is 16.6. The Kier molecular flexibility index (Phi) is 5.72. The molecule has 1 nitrogen and oxygen atoms in total. The summed E-state index contributed by atoms with van der Waals surface area (Å²) in [5.74, 6) is 1.47. The van der Waals surface area contributed by atoms with Crippen LogP contribution in [0.1, 0.15) is 24.5 Å². The van der Waals surface area contributed by atoms with E-state index in [2.05, 4.69) is 53.2 Å². The van der Waals surface area contributed by atoms with Gasteiger partial charge >= 0.3 is 0 Å². The van der Waals surface area contributed by atoms with Crippen LogP contribution in [-0.2, 0) is 11.8 Å². The molecule has 0 N–H and O–H groups in total. The van der Waals surface area contributed by atoms with Gasteiger partial charge in [0, 0.05) is 15.8 Å². The second-order valence-corrected chi connectivity index (χ2v) is 6.39. The van der Waals surface area contributed by atoms with Crippen LogP contribution in [0.25, 0.3) is 0 Å². The molecule has 0 heterocycles. The molecule has 0 amide bonds. The fourth-order valence-corrected chi connectivity index (χ4v) is 3.44. The Hall–Kier alpha value is -0.990. The molecule has 0 spiro atoms. The summed E-state index contributed by atoms with van der Waals surface area (Å²) in [4.78, 5) is 0. The van der Waals surface area contributed by atoms with Crippen molar-refractivity contribution in [1.29, 1.82) is 0 Å². The van der Waals surface area contributed by atoms with E-state index in [1.807, 2.05) is 18.2 Å². The Morgan fingerprint density at radius 3 is 2.43 bits per heavy atom. The number of rotatable bonds is 6. The maximum atomic E-state index is 6.39. The van der Waals surface area contributed by atoms with E-state index in [0.717, 1.165) is 23.1 Å². The summed E-state index contributed by atoms with van der Waals surface area (Å²) in [7, 11) is 1.69. The van der Waals surface area contributed by atoms with Crippen LogP contribution in [0, 0.1) is 0 Å². The predicted octanol–water partition coefficient (Wildman–Crippen LogP) is 5.59. The summed E-state index contributed by atoms with van der Waals surface area (Å²) in [5, 5.41) is 0. The molecule has 0 aromatic heterocycles. The van der Waals surface area contributed by atoms with Gasteiger partial charge in [-0.3, -0.25) is 0 Å². The van der Waals surface area contributed by atoms with Crippen LogP contribution in [0.2, 0.25) is 0 Å². The van der Waals surface area contributed by atoms with Gasteiger partial charge in [0.05, 0.1) is 7.11 Å². The Bertz CT molecular complexity index is 579. The van der Waals surface area contributed by atoms with Crippen molar-refractivity contribution in [1.82, 2.24) is 0 Å². The summed E-state index contributed by atoms with van der Waals surface area (Å²) >= 11 is 10.0. The molecular formula is C18H20BrClO. The number of alkyl halides is 1. The van der Waals surface area contributed by atoms with Gasteiger partial charge in [0.1, 0.15) is 5.75 Å². The highest BCUT2D eigenvalue weighted by atomic mass is 79.9. The molecule has 2 aromatic carbocycles. The van der Waals surface area contributed by atoms with Crippen LogP contribution >= 0.6 is 27.5 Å². The lowest BCUT2D eigenvalue weighted by Gasteiger charge is -2.32. The van der Waals surface area contributed by atoms with E-state index in [9.17, 15) is 0 Å². The average molecular weight is 368 g/mol. The van der Waals surface area contributed by atoms with E-state index in [0.29, 0.717) is 5.88 Å². The summed E-state index contributed by atoms with van der Waals surface area (Å²) in [6.07, 6.45) is 1.87. The SMILES string of the molecule is CCC(CCl)(Cc1cc(OC)ccc1Br)c1ccccc1.